The summed E-state index contributed by atoms with van der Waals surface area (Å²) >= 11 is 0. The summed E-state index contributed by atoms with van der Waals surface area (Å²) in [4.78, 5) is 24.7. The second-order valence-electron chi connectivity index (χ2n) is 7.44. The van der Waals surface area contributed by atoms with Crippen LogP contribution in [0.25, 0.3) is 16.8 Å². The smallest absolute Gasteiger partial charge is 0.272 e. The summed E-state index contributed by atoms with van der Waals surface area (Å²) in [5.41, 5.74) is 2.52. The van der Waals surface area contributed by atoms with Crippen LogP contribution in [0.2, 0.25) is 0 Å². The average Bonchev–Trinajstić information content (AvgIpc) is 3.27. The van der Waals surface area contributed by atoms with Crippen molar-refractivity contribution < 1.29 is 19.1 Å². The Kier molecular flexibility index (Phi) is 7.49. The van der Waals surface area contributed by atoms with Crippen LogP contribution in [0.15, 0.2) is 54.7 Å². The number of aromatic nitrogens is 2. The van der Waals surface area contributed by atoms with E-state index in [9.17, 15) is 9.59 Å². The first-order valence-corrected chi connectivity index (χ1v) is 10.4. The third-order valence-corrected chi connectivity index (χ3v) is 4.88. The molecular formula is C24H28N4O4. The normalized spacial score (nSPS) is 10.7. The van der Waals surface area contributed by atoms with Gasteiger partial charge in [0.2, 0.25) is 5.91 Å². The van der Waals surface area contributed by atoms with E-state index < -0.39 is 0 Å². The van der Waals surface area contributed by atoms with Crippen LogP contribution in [0.5, 0.6) is 11.5 Å². The molecule has 0 atom stereocenters. The zero-order valence-electron chi connectivity index (χ0n) is 18.7. The first-order chi connectivity index (χ1) is 15.4. The van der Waals surface area contributed by atoms with Crippen LogP contribution in [0.3, 0.4) is 0 Å². The number of methoxy groups -OCH3 is 2. The van der Waals surface area contributed by atoms with Crippen molar-refractivity contribution in [3.05, 3.63) is 60.4 Å². The van der Waals surface area contributed by atoms with Gasteiger partial charge in [-0.3, -0.25) is 9.59 Å². The fraction of sp³-hybridized carbons (Fsp3) is 0.292. The molecule has 8 nitrogen and oxygen atoms in total. The zero-order chi connectivity index (χ0) is 23.1. The van der Waals surface area contributed by atoms with Crippen LogP contribution in [-0.2, 0) is 4.79 Å². The lowest BCUT2D eigenvalue weighted by Crippen LogP contribution is -2.36. The lowest BCUT2D eigenvalue weighted by Gasteiger charge is -2.10. The first kappa shape index (κ1) is 22.9. The van der Waals surface area contributed by atoms with Gasteiger partial charge in [0, 0.05) is 30.8 Å². The highest BCUT2D eigenvalue weighted by atomic mass is 16.5. The van der Waals surface area contributed by atoms with Crippen molar-refractivity contribution in [2.45, 2.75) is 13.8 Å². The Morgan fingerprint density at radius 3 is 2.31 bits per heavy atom. The number of hydrogen-bond donors (Lipinski definition) is 2. The molecule has 2 amide bonds. The van der Waals surface area contributed by atoms with Crippen molar-refractivity contribution in [1.82, 2.24) is 20.4 Å². The van der Waals surface area contributed by atoms with Crippen LogP contribution in [-0.4, -0.2) is 48.9 Å². The molecule has 0 aliphatic rings. The summed E-state index contributed by atoms with van der Waals surface area (Å²) in [6.45, 7) is 4.27. The van der Waals surface area contributed by atoms with Crippen LogP contribution >= 0.6 is 0 Å². The van der Waals surface area contributed by atoms with E-state index in [-0.39, 0.29) is 23.4 Å². The minimum Gasteiger partial charge on any atom is -0.493 e. The summed E-state index contributed by atoms with van der Waals surface area (Å²) in [5, 5.41) is 10.2. The molecule has 3 rings (SSSR count). The average molecular weight is 437 g/mol. The van der Waals surface area contributed by atoms with Crippen molar-refractivity contribution in [3.63, 3.8) is 0 Å². The summed E-state index contributed by atoms with van der Waals surface area (Å²) in [5.74, 6) is 0.657. The fourth-order valence-corrected chi connectivity index (χ4v) is 3.12. The third kappa shape index (κ3) is 5.26. The van der Waals surface area contributed by atoms with Crippen LogP contribution in [0, 0.1) is 5.92 Å². The van der Waals surface area contributed by atoms with Gasteiger partial charge in [-0.2, -0.15) is 5.10 Å². The molecule has 1 aromatic heterocycles. The van der Waals surface area contributed by atoms with Crippen molar-refractivity contribution in [3.8, 4) is 28.3 Å². The number of carbonyl (C=O) groups excluding carboxylic acids is 2. The molecule has 168 valence electrons. The number of para-hydroxylation sites is 1. The summed E-state index contributed by atoms with van der Waals surface area (Å²) < 4.78 is 12.4. The van der Waals surface area contributed by atoms with Crippen molar-refractivity contribution in [2.24, 2.45) is 5.92 Å². The van der Waals surface area contributed by atoms with Gasteiger partial charge in [-0.05, 0) is 29.8 Å². The Hall–Kier alpha value is -3.81. The monoisotopic (exact) mass is 436 g/mol. The molecule has 1 heterocycles. The highest BCUT2D eigenvalue weighted by Crippen LogP contribution is 2.34. The Morgan fingerprint density at radius 2 is 1.66 bits per heavy atom. The highest BCUT2D eigenvalue weighted by Gasteiger charge is 2.20. The van der Waals surface area contributed by atoms with E-state index >= 15 is 0 Å². The molecule has 0 radical (unpaired) electrons. The van der Waals surface area contributed by atoms with Gasteiger partial charge in [0.25, 0.3) is 5.91 Å². The van der Waals surface area contributed by atoms with Gasteiger partial charge in [0.15, 0.2) is 17.2 Å². The van der Waals surface area contributed by atoms with E-state index in [2.05, 4.69) is 15.7 Å². The molecule has 0 bridgehead atoms. The molecule has 0 aliphatic heterocycles. The topological polar surface area (TPSA) is 94.5 Å². The number of amides is 2. The Labute approximate surface area is 187 Å². The highest BCUT2D eigenvalue weighted by molar-refractivity contribution is 5.99. The fourth-order valence-electron chi connectivity index (χ4n) is 3.12. The molecule has 2 aromatic carbocycles. The van der Waals surface area contributed by atoms with Crippen molar-refractivity contribution in [1.29, 1.82) is 0 Å². The second kappa shape index (κ2) is 10.5. The van der Waals surface area contributed by atoms with Crippen molar-refractivity contribution in [2.75, 3.05) is 27.3 Å². The molecule has 0 saturated carbocycles. The number of carbonyl (C=O) groups is 2. The number of ether oxygens (including phenoxy) is 2. The largest absolute Gasteiger partial charge is 0.493 e. The minimum absolute atomic E-state index is 0.0568. The quantitative estimate of drug-likeness (QED) is 0.503. The minimum atomic E-state index is -0.330. The summed E-state index contributed by atoms with van der Waals surface area (Å²) in [6, 6.07) is 15.0. The predicted molar refractivity (Wildman–Crippen MR) is 122 cm³/mol. The molecule has 3 aromatic rings. The number of nitrogens with zero attached hydrogens (tertiary/aromatic N) is 2. The number of nitrogens with one attached hydrogen (secondary N) is 2. The second-order valence-corrected chi connectivity index (χ2v) is 7.44. The number of benzene rings is 2. The maximum atomic E-state index is 13.0. The van der Waals surface area contributed by atoms with Gasteiger partial charge in [0.1, 0.15) is 0 Å². The van der Waals surface area contributed by atoms with Crippen molar-refractivity contribution >= 4 is 11.8 Å². The van der Waals surface area contributed by atoms with Crippen LogP contribution < -0.4 is 20.1 Å². The lowest BCUT2D eigenvalue weighted by atomic mass is 10.1. The number of hydrogen-bond acceptors (Lipinski definition) is 5. The third-order valence-electron chi connectivity index (χ3n) is 4.88. The van der Waals surface area contributed by atoms with E-state index in [1.54, 1.807) is 25.0 Å². The van der Waals surface area contributed by atoms with E-state index in [4.69, 9.17) is 9.47 Å². The molecule has 0 aliphatic carbocycles. The van der Waals surface area contributed by atoms with Gasteiger partial charge < -0.3 is 20.1 Å². The van der Waals surface area contributed by atoms with Gasteiger partial charge in [-0.15, -0.1) is 0 Å². The Balaban J connectivity index is 1.89. The van der Waals surface area contributed by atoms with E-state index in [0.717, 1.165) is 11.3 Å². The van der Waals surface area contributed by atoms with E-state index in [0.29, 0.717) is 30.2 Å². The Bertz CT molecular complexity index is 1080. The SMILES string of the molecule is COc1ccc(-c2cn(-c3ccccc3)nc2C(=O)NCCNC(=O)C(C)C)cc1OC. The van der Waals surface area contributed by atoms with Crippen LogP contribution in [0.1, 0.15) is 24.3 Å². The molecule has 0 saturated heterocycles. The van der Waals surface area contributed by atoms with Crippen LogP contribution in [0.4, 0.5) is 0 Å². The summed E-state index contributed by atoms with van der Waals surface area (Å²) in [6.07, 6.45) is 1.81. The molecule has 32 heavy (non-hydrogen) atoms. The standard InChI is InChI=1S/C24H28N4O4/c1-16(2)23(29)25-12-13-26-24(30)22-19(15-28(27-22)18-8-6-5-7-9-18)17-10-11-20(31-3)21(14-17)32-4/h5-11,14-16H,12-13H2,1-4H3,(H,25,29)(H,26,30). The molecule has 2 N–H and O–H groups in total. The molecule has 0 spiro atoms. The predicted octanol–water partition coefficient (Wildman–Crippen LogP) is 3.06. The molecule has 0 fully saturated rings. The molecule has 8 heteroatoms. The van der Waals surface area contributed by atoms with Gasteiger partial charge in [-0.25, -0.2) is 4.68 Å². The lowest BCUT2D eigenvalue weighted by molar-refractivity contribution is -0.123. The van der Waals surface area contributed by atoms with E-state index in [1.807, 2.05) is 62.5 Å². The molecular weight excluding hydrogens is 408 g/mol. The first-order valence-electron chi connectivity index (χ1n) is 10.4. The maximum absolute atomic E-state index is 13.0. The number of rotatable bonds is 9. The maximum Gasteiger partial charge on any atom is 0.272 e. The van der Waals surface area contributed by atoms with Gasteiger partial charge in [0.05, 0.1) is 19.9 Å². The van der Waals surface area contributed by atoms with E-state index in [1.165, 1.54) is 0 Å². The Morgan fingerprint density at radius 1 is 0.969 bits per heavy atom. The zero-order valence-corrected chi connectivity index (χ0v) is 18.7. The van der Waals surface area contributed by atoms with Gasteiger partial charge >= 0.3 is 0 Å². The van der Waals surface area contributed by atoms with Gasteiger partial charge in [-0.1, -0.05) is 38.1 Å². The molecule has 0 unspecified atom stereocenters. The summed E-state index contributed by atoms with van der Waals surface area (Å²) in [7, 11) is 3.13.